The van der Waals surface area contributed by atoms with Crippen molar-refractivity contribution in [3.8, 4) is 0 Å². The maximum Gasteiger partial charge on any atom is 0.188 e. The van der Waals surface area contributed by atoms with Crippen LogP contribution in [0.2, 0.25) is 0 Å². The molecule has 142 valence electrons. The molecule has 0 unspecified atom stereocenters. The monoisotopic (exact) mass is 367 g/mol. The van der Waals surface area contributed by atoms with E-state index in [-0.39, 0.29) is 17.8 Å². The second-order valence-electron chi connectivity index (χ2n) is 6.47. The molecule has 0 fully saturated rings. The van der Waals surface area contributed by atoms with E-state index in [0.29, 0.717) is 18.6 Å². The topological polar surface area (TPSA) is 64.6 Å². The van der Waals surface area contributed by atoms with Crippen molar-refractivity contribution in [3.05, 3.63) is 82.7 Å². The highest BCUT2D eigenvalue weighted by molar-refractivity contribution is 5.79. The summed E-state index contributed by atoms with van der Waals surface area (Å²) in [6, 6.07) is 11.9. The van der Waals surface area contributed by atoms with E-state index in [4.69, 9.17) is 14.3 Å². The predicted molar refractivity (Wildman–Crippen MR) is 105 cm³/mol. The van der Waals surface area contributed by atoms with Gasteiger partial charge in [-0.3, -0.25) is 4.79 Å². The van der Waals surface area contributed by atoms with Crippen LogP contribution >= 0.6 is 0 Å². The maximum absolute atomic E-state index is 11.8. The summed E-state index contributed by atoms with van der Waals surface area (Å²) in [5.74, 6) is 0.275. The van der Waals surface area contributed by atoms with Crippen LogP contribution in [-0.4, -0.2) is 16.3 Å². The van der Waals surface area contributed by atoms with Gasteiger partial charge in [0.05, 0.1) is 19.1 Å². The number of allylic oxidation sites excluding steroid dienone is 1. The van der Waals surface area contributed by atoms with Gasteiger partial charge in [0.15, 0.2) is 5.43 Å². The molecule has 1 N–H and O–H groups in total. The molecule has 27 heavy (non-hydrogen) atoms. The van der Waals surface area contributed by atoms with Crippen molar-refractivity contribution in [2.45, 2.75) is 38.8 Å². The molecule has 0 aliphatic rings. The Kier molecular flexibility index (Phi) is 6.88. The standard InChI is InChI=1S/C22H25NO4/c24-16-20-15-22(25)19(17-27-20)8-6-14-26-13-5-1-4-11-23-12-10-18-7-2-3-9-21(18)23/h2-3,6-7,9-10,12,14-15,17,24H,1,4-5,8,11,13,16H2/b14-6+. The highest BCUT2D eigenvalue weighted by Crippen LogP contribution is 2.15. The zero-order valence-corrected chi connectivity index (χ0v) is 15.3. The lowest BCUT2D eigenvalue weighted by atomic mass is 10.2. The Morgan fingerprint density at radius 2 is 2.04 bits per heavy atom. The molecule has 0 aliphatic carbocycles. The zero-order valence-electron chi connectivity index (χ0n) is 15.3. The van der Waals surface area contributed by atoms with E-state index in [0.717, 1.165) is 25.8 Å². The first kappa shape index (κ1) is 19.0. The van der Waals surface area contributed by atoms with Crippen molar-refractivity contribution in [2.75, 3.05) is 6.61 Å². The molecular formula is C22H25NO4. The molecule has 0 saturated heterocycles. The van der Waals surface area contributed by atoms with E-state index in [2.05, 4.69) is 41.1 Å². The molecule has 0 saturated carbocycles. The van der Waals surface area contributed by atoms with E-state index in [1.165, 1.54) is 23.2 Å². The molecular weight excluding hydrogens is 342 g/mol. The third-order valence-corrected chi connectivity index (χ3v) is 4.49. The SMILES string of the molecule is O=c1cc(CO)occ1C/C=C/OCCCCCn1ccc2ccccc21. The quantitative estimate of drug-likeness (QED) is 0.434. The van der Waals surface area contributed by atoms with E-state index >= 15 is 0 Å². The fourth-order valence-electron chi connectivity index (χ4n) is 3.00. The van der Waals surface area contributed by atoms with Crippen molar-refractivity contribution < 1.29 is 14.3 Å². The number of hydrogen-bond donors (Lipinski definition) is 1. The fourth-order valence-corrected chi connectivity index (χ4v) is 3.00. The Balaban J connectivity index is 1.30. The second-order valence-corrected chi connectivity index (χ2v) is 6.47. The first-order chi connectivity index (χ1) is 13.3. The number of hydrogen-bond acceptors (Lipinski definition) is 4. The molecule has 2 heterocycles. The molecule has 2 aromatic heterocycles. The zero-order chi connectivity index (χ0) is 18.9. The fraction of sp³-hybridized carbons (Fsp3) is 0.318. The van der Waals surface area contributed by atoms with Crippen LogP contribution in [0.25, 0.3) is 10.9 Å². The van der Waals surface area contributed by atoms with Crippen LogP contribution in [0.5, 0.6) is 0 Å². The van der Waals surface area contributed by atoms with E-state index in [1.54, 1.807) is 12.3 Å². The van der Waals surface area contributed by atoms with Crippen molar-refractivity contribution in [1.82, 2.24) is 4.57 Å². The van der Waals surface area contributed by atoms with Crippen molar-refractivity contribution in [3.63, 3.8) is 0 Å². The average molecular weight is 367 g/mol. The summed E-state index contributed by atoms with van der Waals surface area (Å²) in [4.78, 5) is 11.8. The molecule has 0 spiro atoms. The molecule has 0 radical (unpaired) electrons. The van der Waals surface area contributed by atoms with Crippen molar-refractivity contribution >= 4 is 10.9 Å². The van der Waals surface area contributed by atoms with Gasteiger partial charge in [-0.15, -0.1) is 0 Å². The predicted octanol–water partition coefficient (Wildman–Crippen LogP) is 4.03. The molecule has 0 amide bonds. The molecule has 0 atom stereocenters. The molecule has 0 bridgehead atoms. The number of aryl methyl sites for hydroxylation is 1. The van der Waals surface area contributed by atoms with E-state index in [1.807, 2.05) is 0 Å². The van der Waals surface area contributed by atoms with Gasteiger partial charge in [-0.25, -0.2) is 0 Å². The summed E-state index contributed by atoms with van der Waals surface area (Å²) in [5.41, 5.74) is 1.70. The number of aromatic nitrogens is 1. The smallest absolute Gasteiger partial charge is 0.188 e. The van der Waals surface area contributed by atoms with Crippen LogP contribution in [0.4, 0.5) is 0 Å². The minimum absolute atomic E-state index is 0.132. The number of ether oxygens (including phenoxy) is 1. The van der Waals surface area contributed by atoms with Crippen molar-refractivity contribution in [2.24, 2.45) is 0 Å². The number of aliphatic hydroxyl groups is 1. The second kappa shape index (κ2) is 9.78. The Hall–Kier alpha value is -2.79. The molecule has 1 aromatic carbocycles. The normalized spacial score (nSPS) is 11.4. The molecule has 5 nitrogen and oxygen atoms in total. The Morgan fingerprint density at radius 1 is 1.15 bits per heavy atom. The Labute approximate surface area is 158 Å². The number of benzene rings is 1. The summed E-state index contributed by atoms with van der Waals surface area (Å²) >= 11 is 0. The van der Waals surface area contributed by atoms with Crippen LogP contribution < -0.4 is 5.43 Å². The molecule has 3 aromatic rings. The lowest BCUT2D eigenvalue weighted by Crippen LogP contribution is -2.07. The van der Waals surface area contributed by atoms with Crippen molar-refractivity contribution in [1.29, 1.82) is 0 Å². The Morgan fingerprint density at radius 3 is 2.89 bits per heavy atom. The van der Waals surface area contributed by atoms with Gasteiger partial charge >= 0.3 is 0 Å². The number of rotatable bonds is 10. The lowest BCUT2D eigenvalue weighted by molar-refractivity contribution is 0.239. The highest BCUT2D eigenvalue weighted by Gasteiger charge is 2.01. The first-order valence-corrected chi connectivity index (χ1v) is 9.30. The van der Waals surface area contributed by atoms with Gasteiger partial charge in [0.2, 0.25) is 0 Å². The van der Waals surface area contributed by atoms with Crippen LogP contribution in [0.1, 0.15) is 30.6 Å². The first-order valence-electron chi connectivity index (χ1n) is 9.30. The summed E-state index contributed by atoms with van der Waals surface area (Å²) in [5, 5.41) is 10.2. The summed E-state index contributed by atoms with van der Waals surface area (Å²) in [6.45, 7) is 1.42. The van der Waals surface area contributed by atoms with Gasteiger partial charge in [0.25, 0.3) is 0 Å². The lowest BCUT2D eigenvalue weighted by Gasteiger charge is -2.05. The maximum atomic E-state index is 11.8. The summed E-state index contributed by atoms with van der Waals surface area (Å²) < 4.78 is 12.9. The summed E-state index contributed by atoms with van der Waals surface area (Å²) in [7, 11) is 0. The van der Waals surface area contributed by atoms with E-state index in [9.17, 15) is 4.79 Å². The van der Waals surface area contributed by atoms with Crippen LogP contribution in [-0.2, 0) is 24.3 Å². The number of aliphatic hydroxyl groups excluding tert-OH is 1. The van der Waals surface area contributed by atoms with Gasteiger partial charge in [-0.2, -0.15) is 0 Å². The van der Waals surface area contributed by atoms with Crippen LogP contribution in [0, 0.1) is 0 Å². The number of unbranched alkanes of at least 4 members (excludes halogenated alkanes) is 2. The third-order valence-electron chi connectivity index (χ3n) is 4.49. The van der Waals surface area contributed by atoms with E-state index < -0.39 is 0 Å². The van der Waals surface area contributed by atoms with Gasteiger partial charge < -0.3 is 18.8 Å². The average Bonchev–Trinajstić information content (AvgIpc) is 3.11. The van der Waals surface area contributed by atoms with Gasteiger partial charge in [0.1, 0.15) is 12.4 Å². The molecule has 5 heteroatoms. The number of nitrogens with zero attached hydrogens (tertiary/aromatic N) is 1. The summed E-state index contributed by atoms with van der Waals surface area (Å²) in [6.07, 6.45) is 10.6. The largest absolute Gasteiger partial charge is 0.502 e. The van der Waals surface area contributed by atoms with Gasteiger partial charge in [-0.05, 0) is 42.9 Å². The minimum atomic E-state index is -0.269. The minimum Gasteiger partial charge on any atom is -0.502 e. The molecule has 3 rings (SSSR count). The van der Waals surface area contributed by atoms with Gasteiger partial charge in [0, 0.05) is 36.3 Å². The highest BCUT2D eigenvalue weighted by atomic mass is 16.5. The third kappa shape index (κ3) is 5.34. The number of para-hydroxylation sites is 1. The van der Waals surface area contributed by atoms with Crippen LogP contribution in [0.3, 0.4) is 0 Å². The van der Waals surface area contributed by atoms with Crippen LogP contribution in [0.15, 0.2) is 70.4 Å². The molecule has 0 aliphatic heterocycles. The van der Waals surface area contributed by atoms with Gasteiger partial charge in [-0.1, -0.05) is 18.2 Å². The number of fused-ring (bicyclic) bond motifs is 1. The Bertz CT molecular complexity index is 939.